The van der Waals surface area contributed by atoms with Gasteiger partial charge in [0.15, 0.2) is 0 Å². The van der Waals surface area contributed by atoms with Crippen LogP contribution in [-0.2, 0) is 4.79 Å². The van der Waals surface area contributed by atoms with Crippen LogP contribution in [0.4, 0.5) is 0 Å². The zero-order valence-corrected chi connectivity index (χ0v) is 13.0. The molecule has 0 saturated carbocycles. The van der Waals surface area contributed by atoms with E-state index in [1.54, 1.807) is 12.1 Å². The van der Waals surface area contributed by atoms with Gasteiger partial charge in [-0.1, -0.05) is 11.6 Å². The van der Waals surface area contributed by atoms with Crippen LogP contribution in [0.5, 0.6) is 5.75 Å². The second-order valence-corrected chi connectivity index (χ2v) is 4.98. The standard InChI is InChI=1S/C14H17ClN2O2.ClH/c1-9(16-2)7-17-14(18)11-5-10-6-12(15)3-4-13(10)19-8-11;/h3-6,9,16H,7-8H2,1-2H3,(H,17,18);1H. The van der Waals surface area contributed by atoms with E-state index in [2.05, 4.69) is 10.6 Å². The highest BCUT2D eigenvalue weighted by atomic mass is 35.5. The van der Waals surface area contributed by atoms with Gasteiger partial charge < -0.3 is 15.4 Å². The molecular formula is C14H18Cl2N2O2. The zero-order chi connectivity index (χ0) is 13.8. The first kappa shape index (κ1) is 16.8. The van der Waals surface area contributed by atoms with Gasteiger partial charge in [-0.2, -0.15) is 0 Å². The third-order valence-corrected chi connectivity index (χ3v) is 3.27. The molecule has 0 aliphatic carbocycles. The molecule has 0 radical (unpaired) electrons. The molecule has 6 heteroatoms. The molecular weight excluding hydrogens is 299 g/mol. The lowest BCUT2D eigenvalue weighted by atomic mass is 10.1. The number of benzene rings is 1. The smallest absolute Gasteiger partial charge is 0.250 e. The summed E-state index contributed by atoms with van der Waals surface area (Å²) in [5.41, 5.74) is 1.45. The van der Waals surface area contributed by atoms with E-state index in [0.29, 0.717) is 17.1 Å². The van der Waals surface area contributed by atoms with Crippen LogP contribution in [0.1, 0.15) is 12.5 Å². The molecule has 4 nitrogen and oxygen atoms in total. The summed E-state index contributed by atoms with van der Waals surface area (Å²) in [5.74, 6) is 0.650. The molecule has 0 spiro atoms. The summed E-state index contributed by atoms with van der Waals surface area (Å²) in [6, 6.07) is 5.61. The van der Waals surface area contributed by atoms with E-state index in [-0.39, 0.29) is 31.0 Å². The maximum atomic E-state index is 12.0. The molecule has 1 heterocycles. The molecule has 20 heavy (non-hydrogen) atoms. The largest absolute Gasteiger partial charge is 0.488 e. The quantitative estimate of drug-likeness (QED) is 0.896. The lowest BCUT2D eigenvalue weighted by Gasteiger charge is -2.18. The second kappa shape index (κ2) is 7.53. The molecule has 1 aliphatic rings. The molecule has 0 saturated heterocycles. The van der Waals surface area contributed by atoms with Crippen molar-refractivity contribution in [2.75, 3.05) is 20.2 Å². The van der Waals surface area contributed by atoms with Crippen molar-refractivity contribution in [3.8, 4) is 5.75 Å². The van der Waals surface area contributed by atoms with Crippen LogP contribution in [0.15, 0.2) is 23.8 Å². The lowest BCUT2D eigenvalue weighted by molar-refractivity contribution is -0.117. The molecule has 0 bridgehead atoms. The maximum absolute atomic E-state index is 12.0. The van der Waals surface area contributed by atoms with Gasteiger partial charge in [0.05, 0.1) is 5.57 Å². The summed E-state index contributed by atoms with van der Waals surface area (Å²) in [4.78, 5) is 12.0. The van der Waals surface area contributed by atoms with Gasteiger partial charge in [-0.25, -0.2) is 0 Å². The van der Waals surface area contributed by atoms with Crippen molar-refractivity contribution >= 4 is 36.0 Å². The molecule has 110 valence electrons. The summed E-state index contributed by atoms with van der Waals surface area (Å²) >= 11 is 5.93. The van der Waals surface area contributed by atoms with Gasteiger partial charge in [-0.15, -0.1) is 12.4 Å². The van der Waals surface area contributed by atoms with Gasteiger partial charge in [0.25, 0.3) is 5.91 Å². The van der Waals surface area contributed by atoms with Crippen LogP contribution in [0.3, 0.4) is 0 Å². The summed E-state index contributed by atoms with van der Waals surface area (Å²) < 4.78 is 5.54. The number of likely N-dealkylation sites (N-methyl/N-ethyl adjacent to an activating group) is 1. The second-order valence-electron chi connectivity index (χ2n) is 4.54. The molecule has 1 atom stereocenters. The first-order valence-corrected chi connectivity index (χ1v) is 6.56. The van der Waals surface area contributed by atoms with Crippen molar-refractivity contribution < 1.29 is 9.53 Å². The number of amides is 1. The van der Waals surface area contributed by atoms with E-state index in [1.165, 1.54) is 0 Å². The van der Waals surface area contributed by atoms with Gasteiger partial charge in [0.2, 0.25) is 0 Å². The number of carbonyl (C=O) groups excluding carboxylic acids is 1. The first-order chi connectivity index (χ1) is 9.10. The van der Waals surface area contributed by atoms with E-state index in [1.807, 2.05) is 26.1 Å². The highest BCUT2D eigenvalue weighted by molar-refractivity contribution is 6.30. The third-order valence-electron chi connectivity index (χ3n) is 3.04. The van der Waals surface area contributed by atoms with E-state index in [4.69, 9.17) is 16.3 Å². The molecule has 0 aromatic heterocycles. The number of nitrogens with one attached hydrogen (secondary N) is 2. The summed E-state index contributed by atoms with van der Waals surface area (Å²) in [7, 11) is 1.86. The van der Waals surface area contributed by atoms with E-state index >= 15 is 0 Å². The van der Waals surface area contributed by atoms with E-state index in [9.17, 15) is 4.79 Å². The highest BCUT2D eigenvalue weighted by Crippen LogP contribution is 2.28. The van der Waals surface area contributed by atoms with Crippen molar-refractivity contribution in [1.29, 1.82) is 0 Å². The fourth-order valence-corrected chi connectivity index (χ4v) is 1.92. The number of rotatable bonds is 4. The Morgan fingerprint density at radius 1 is 1.50 bits per heavy atom. The van der Waals surface area contributed by atoms with Gasteiger partial charge in [-0.05, 0) is 38.2 Å². The molecule has 1 unspecified atom stereocenters. The van der Waals surface area contributed by atoms with Gasteiger partial charge in [-0.3, -0.25) is 4.79 Å². The number of ether oxygens (including phenoxy) is 1. The fraction of sp³-hybridized carbons (Fsp3) is 0.357. The third kappa shape index (κ3) is 4.13. The molecule has 0 fully saturated rings. The van der Waals surface area contributed by atoms with Crippen LogP contribution >= 0.6 is 24.0 Å². The average Bonchev–Trinajstić information content (AvgIpc) is 2.43. The van der Waals surface area contributed by atoms with Crippen molar-refractivity contribution in [2.45, 2.75) is 13.0 Å². The molecule has 1 amide bonds. The number of halogens is 2. The summed E-state index contributed by atoms with van der Waals surface area (Å²) in [5, 5.41) is 6.56. The predicted molar refractivity (Wildman–Crippen MR) is 83.7 cm³/mol. The summed E-state index contributed by atoms with van der Waals surface area (Å²) in [6.07, 6.45) is 1.82. The summed E-state index contributed by atoms with van der Waals surface area (Å²) in [6.45, 7) is 2.87. The van der Waals surface area contributed by atoms with Crippen LogP contribution in [-0.4, -0.2) is 32.1 Å². The molecule has 2 N–H and O–H groups in total. The Hall–Kier alpha value is -1.23. The minimum Gasteiger partial charge on any atom is -0.488 e. The number of hydrogen-bond donors (Lipinski definition) is 2. The predicted octanol–water partition coefficient (Wildman–Crippen LogP) is 2.26. The minimum atomic E-state index is -0.104. The number of carbonyl (C=O) groups is 1. The van der Waals surface area contributed by atoms with Crippen molar-refractivity contribution in [2.24, 2.45) is 0 Å². The maximum Gasteiger partial charge on any atom is 0.250 e. The highest BCUT2D eigenvalue weighted by Gasteiger charge is 2.17. The van der Waals surface area contributed by atoms with E-state index in [0.717, 1.165) is 11.3 Å². The first-order valence-electron chi connectivity index (χ1n) is 6.18. The normalized spacial score (nSPS) is 14.2. The molecule has 1 aromatic rings. The number of fused-ring (bicyclic) bond motifs is 1. The molecule has 1 aromatic carbocycles. The molecule has 1 aliphatic heterocycles. The van der Waals surface area contributed by atoms with Crippen LogP contribution in [0.25, 0.3) is 6.08 Å². The fourth-order valence-electron chi connectivity index (χ4n) is 1.74. The SMILES string of the molecule is CNC(C)CNC(=O)C1=Cc2cc(Cl)ccc2OC1.Cl. The Balaban J connectivity index is 0.00000200. The van der Waals surface area contributed by atoms with Crippen LogP contribution in [0, 0.1) is 0 Å². The topological polar surface area (TPSA) is 50.4 Å². The Morgan fingerprint density at radius 2 is 2.25 bits per heavy atom. The Bertz CT molecular complexity index is 518. The average molecular weight is 317 g/mol. The van der Waals surface area contributed by atoms with E-state index < -0.39 is 0 Å². The molecule has 2 rings (SSSR count). The monoisotopic (exact) mass is 316 g/mol. The van der Waals surface area contributed by atoms with Crippen LogP contribution in [0.2, 0.25) is 5.02 Å². The van der Waals surface area contributed by atoms with Gasteiger partial charge in [0.1, 0.15) is 12.4 Å². The Kier molecular flexibility index (Phi) is 6.33. The zero-order valence-electron chi connectivity index (χ0n) is 11.4. The Morgan fingerprint density at radius 3 is 2.95 bits per heavy atom. The number of hydrogen-bond acceptors (Lipinski definition) is 3. The Labute approximate surface area is 129 Å². The van der Waals surface area contributed by atoms with Crippen molar-refractivity contribution in [3.63, 3.8) is 0 Å². The van der Waals surface area contributed by atoms with Gasteiger partial charge >= 0.3 is 0 Å². The lowest BCUT2D eigenvalue weighted by Crippen LogP contribution is -2.38. The van der Waals surface area contributed by atoms with Gasteiger partial charge in [0, 0.05) is 23.2 Å². The van der Waals surface area contributed by atoms with Crippen molar-refractivity contribution in [3.05, 3.63) is 34.4 Å². The van der Waals surface area contributed by atoms with Crippen LogP contribution < -0.4 is 15.4 Å². The van der Waals surface area contributed by atoms with Crippen molar-refractivity contribution in [1.82, 2.24) is 10.6 Å². The minimum absolute atomic E-state index is 0.